The van der Waals surface area contributed by atoms with Crippen LogP contribution in [0.4, 0.5) is 5.69 Å². The topological polar surface area (TPSA) is 58.6 Å². The number of rotatable bonds is 5. The zero-order valence-electron chi connectivity index (χ0n) is 15.2. The van der Waals surface area contributed by atoms with Crippen molar-refractivity contribution in [3.05, 3.63) is 51.7 Å². The van der Waals surface area contributed by atoms with Gasteiger partial charge in [0, 0.05) is 18.8 Å². The molecule has 0 bridgehead atoms. The highest BCUT2D eigenvalue weighted by molar-refractivity contribution is 7.16. The molecule has 1 saturated heterocycles. The summed E-state index contributed by atoms with van der Waals surface area (Å²) in [4.78, 5) is 27.2. The molecule has 6 heteroatoms. The van der Waals surface area contributed by atoms with Crippen molar-refractivity contribution in [3.8, 4) is 0 Å². The Balaban J connectivity index is 1.57. The maximum absolute atomic E-state index is 12.3. The van der Waals surface area contributed by atoms with Crippen molar-refractivity contribution in [1.82, 2.24) is 4.90 Å². The summed E-state index contributed by atoms with van der Waals surface area (Å²) in [6.07, 6.45) is 2.59. The number of esters is 1. The SMILES string of the molecule is COC(=O)c1ccc(C(=O)Nc2ccc(CN3CCCC(C)C3)cc2)s1. The quantitative estimate of drug-likeness (QED) is 0.806. The summed E-state index contributed by atoms with van der Waals surface area (Å²) in [5, 5.41) is 2.87. The maximum Gasteiger partial charge on any atom is 0.348 e. The standard InChI is InChI=1S/C20H24N2O3S/c1-14-4-3-11-22(12-14)13-15-5-7-16(8-6-15)21-19(23)17-9-10-18(26-17)20(24)25-2/h5-10,14H,3-4,11-13H2,1-2H3,(H,21,23). The summed E-state index contributed by atoms with van der Waals surface area (Å²) in [5.74, 6) is 0.121. The second kappa shape index (κ2) is 8.47. The van der Waals surface area contributed by atoms with Crippen LogP contribution in [0.1, 0.15) is 44.7 Å². The number of thiophene rings is 1. The largest absolute Gasteiger partial charge is 0.465 e. The van der Waals surface area contributed by atoms with Gasteiger partial charge in [0.15, 0.2) is 0 Å². The van der Waals surface area contributed by atoms with E-state index in [0.29, 0.717) is 9.75 Å². The van der Waals surface area contributed by atoms with E-state index in [9.17, 15) is 9.59 Å². The number of amides is 1. The first kappa shape index (κ1) is 18.6. The fraction of sp³-hybridized carbons (Fsp3) is 0.400. The van der Waals surface area contributed by atoms with Gasteiger partial charge in [-0.2, -0.15) is 0 Å². The molecule has 0 saturated carbocycles. The number of anilines is 1. The van der Waals surface area contributed by atoms with Crippen molar-refractivity contribution in [2.45, 2.75) is 26.3 Å². The van der Waals surface area contributed by atoms with Gasteiger partial charge in [-0.1, -0.05) is 19.1 Å². The van der Waals surface area contributed by atoms with Crippen LogP contribution in [0.25, 0.3) is 0 Å². The number of carbonyl (C=O) groups is 2. The number of nitrogens with zero attached hydrogens (tertiary/aromatic N) is 1. The van der Waals surface area contributed by atoms with Gasteiger partial charge in [0.2, 0.25) is 0 Å². The van der Waals surface area contributed by atoms with Crippen LogP contribution in [-0.2, 0) is 11.3 Å². The first-order chi connectivity index (χ1) is 12.5. The molecule has 1 N–H and O–H groups in total. The summed E-state index contributed by atoms with van der Waals surface area (Å²) >= 11 is 1.13. The normalized spacial score (nSPS) is 17.7. The summed E-state index contributed by atoms with van der Waals surface area (Å²) in [6.45, 7) is 5.57. The molecule has 0 spiro atoms. The average Bonchev–Trinajstić information content (AvgIpc) is 3.13. The molecule has 26 heavy (non-hydrogen) atoms. The van der Waals surface area contributed by atoms with Gasteiger partial charge >= 0.3 is 5.97 Å². The van der Waals surface area contributed by atoms with E-state index in [1.165, 1.54) is 25.5 Å². The third-order valence-corrected chi connectivity index (χ3v) is 5.64. The van der Waals surface area contributed by atoms with Gasteiger partial charge in [0.1, 0.15) is 4.88 Å². The van der Waals surface area contributed by atoms with Crippen LogP contribution in [0.5, 0.6) is 0 Å². The molecule has 3 rings (SSSR count). The van der Waals surface area contributed by atoms with E-state index in [-0.39, 0.29) is 5.91 Å². The molecule has 1 unspecified atom stereocenters. The number of carbonyl (C=O) groups excluding carboxylic acids is 2. The predicted molar refractivity (Wildman–Crippen MR) is 104 cm³/mol. The molecular formula is C20H24N2O3S. The lowest BCUT2D eigenvalue weighted by Crippen LogP contribution is -2.33. The highest BCUT2D eigenvalue weighted by atomic mass is 32.1. The highest BCUT2D eigenvalue weighted by Gasteiger charge is 2.17. The Hall–Kier alpha value is -2.18. The zero-order chi connectivity index (χ0) is 18.5. The number of hydrogen-bond acceptors (Lipinski definition) is 5. The van der Waals surface area contributed by atoms with Gasteiger partial charge in [-0.15, -0.1) is 11.3 Å². The number of likely N-dealkylation sites (tertiary alicyclic amines) is 1. The molecule has 1 aromatic carbocycles. The minimum atomic E-state index is -0.426. The van der Waals surface area contributed by atoms with Crippen molar-refractivity contribution in [1.29, 1.82) is 0 Å². The summed E-state index contributed by atoms with van der Waals surface area (Å²) < 4.78 is 4.67. The second-order valence-electron chi connectivity index (χ2n) is 6.79. The predicted octanol–water partition coefficient (Wildman–Crippen LogP) is 4.02. The smallest absolute Gasteiger partial charge is 0.348 e. The third-order valence-electron chi connectivity index (χ3n) is 4.58. The van der Waals surface area contributed by atoms with E-state index >= 15 is 0 Å². The van der Waals surface area contributed by atoms with Crippen LogP contribution < -0.4 is 5.32 Å². The van der Waals surface area contributed by atoms with Crippen molar-refractivity contribution in [2.24, 2.45) is 5.92 Å². The second-order valence-corrected chi connectivity index (χ2v) is 7.87. The first-order valence-corrected chi connectivity index (χ1v) is 9.67. The molecule has 138 valence electrons. The van der Waals surface area contributed by atoms with Gasteiger partial charge in [-0.25, -0.2) is 4.79 Å². The van der Waals surface area contributed by atoms with Gasteiger partial charge < -0.3 is 10.1 Å². The third kappa shape index (κ3) is 4.71. The first-order valence-electron chi connectivity index (χ1n) is 8.86. The fourth-order valence-electron chi connectivity index (χ4n) is 3.24. The van der Waals surface area contributed by atoms with Crippen LogP contribution in [-0.4, -0.2) is 37.0 Å². The number of ether oxygens (including phenoxy) is 1. The van der Waals surface area contributed by atoms with Crippen molar-refractivity contribution < 1.29 is 14.3 Å². The van der Waals surface area contributed by atoms with E-state index in [1.54, 1.807) is 12.1 Å². The number of piperidine rings is 1. The van der Waals surface area contributed by atoms with E-state index in [2.05, 4.69) is 34.0 Å². The monoisotopic (exact) mass is 372 g/mol. The fourth-order valence-corrected chi connectivity index (χ4v) is 4.06. The Morgan fingerprint density at radius 3 is 2.62 bits per heavy atom. The molecule has 1 amide bonds. The van der Waals surface area contributed by atoms with Crippen LogP contribution in [0.3, 0.4) is 0 Å². The van der Waals surface area contributed by atoms with Crippen LogP contribution >= 0.6 is 11.3 Å². The summed E-state index contributed by atoms with van der Waals surface area (Å²) in [5.41, 5.74) is 2.00. The molecule has 2 heterocycles. The number of benzene rings is 1. The van der Waals surface area contributed by atoms with Gasteiger partial charge in [0.25, 0.3) is 5.91 Å². The lowest BCUT2D eigenvalue weighted by Gasteiger charge is -2.30. The van der Waals surface area contributed by atoms with E-state index < -0.39 is 5.97 Å². The van der Waals surface area contributed by atoms with Crippen LogP contribution in [0.15, 0.2) is 36.4 Å². The zero-order valence-corrected chi connectivity index (χ0v) is 16.0. The van der Waals surface area contributed by atoms with Crippen molar-refractivity contribution in [3.63, 3.8) is 0 Å². The molecule has 0 aliphatic carbocycles. The molecule has 1 aliphatic heterocycles. The summed E-state index contributed by atoms with van der Waals surface area (Å²) in [7, 11) is 1.33. The molecule has 5 nitrogen and oxygen atoms in total. The molecule has 1 atom stereocenters. The molecule has 2 aromatic rings. The van der Waals surface area contributed by atoms with E-state index in [4.69, 9.17) is 0 Å². The van der Waals surface area contributed by atoms with E-state index in [1.807, 2.05) is 12.1 Å². The molecule has 1 aromatic heterocycles. The van der Waals surface area contributed by atoms with Crippen LogP contribution in [0.2, 0.25) is 0 Å². The Labute approximate surface area is 158 Å². The summed E-state index contributed by atoms with van der Waals surface area (Å²) in [6, 6.07) is 11.2. The molecular weight excluding hydrogens is 348 g/mol. The van der Waals surface area contributed by atoms with Gasteiger partial charge in [-0.05, 0) is 55.1 Å². The van der Waals surface area contributed by atoms with Crippen molar-refractivity contribution in [2.75, 3.05) is 25.5 Å². The minimum absolute atomic E-state index is 0.220. The minimum Gasteiger partial charge on any atom is -0.465 e. The average molecular weight is 372 g/mol. The van der Waals surface area contributed by atoms with Gasteiger partial charge in [-0.3, -0.25) is 9.69 Å². The number of hydrogen-bond donors (Lipinski definition) is 1. The maximum atomic E-state index is 12.3. The molecule has 1 aliphatic rings. The van der Waals surface area contributed by atoms with E-state index in [0.717, 1.165) is 42.6 Å². The van der Waals surface area contributed by atoms with Crippen molar-refractivity contribution >= 4 is 28.9 Å². The highest BCUT2D eigenvalue weighted by Crippen LogP contribution is 2.21. The van der Waals surface area contributed by atoms with Crippen LogP contribution in [0, 0.1) is 5.92 Å². The molecule has 1 fully saturated rings. The Kier molecular flexibility index (Phi) is 6.06. The lowest BCUT2D eigenvalue weighted by molar-refractivity contribution is 0.0606. The Morgan fingerprint density at radius 2 is 1.92 bits per heavy atom. The Morgan fingerprint density at radius 1 is 1.19 bits per heavy atom. The number of nitrogens with one attached hydrogen (secondary N) is 1. The molecule has 0 radical (unpaired) electrons. The lowest BCUT2D eigenvalue weighted by atomic mass is 10.00. The number of methoxy groups -OCH3 is 1. The Bertz CT molecular complexity index is 770. The van der Waals surface area contributed by atoms with Gasteiger partial charge in [0.05, 0.1) is 12.0 Å².